The maximum Gasteiger partial charge on any atom is 0.179 e. The first kappa shape index (κ1) is 13.1. The van der Waals surface area contributed by atoms with Gasteiger partial charge >= 0.3 is 0 Å². The van der Waals surface area contributed by atoms with Crippen LogP contribution in [0.1, 0.15) is 37.0 Å². The minimum atomic E-state index is -0.654. The van der Waals surface area contributed by atoms with Crippen molar-refractivity contribution in [1.29, 1.82) is 0 Å². The van der Waals surface area contributed by atoms with Crippen molar-refractivity contribution in [2.45, 2.75) is 32.2 Å². The SMILES string of the molecule is CC1(C)CCCN1CC(=O)c1cc(F)ccc1F. The molecule has 0 radical (unpaired) electrons. The Bertz CT molecular complexity index is 471. The van der Waals surface area contributed by atoms with E-state index in [4.69, 9.17) is 0 Å². The van der Waals surface area contributed by atoms with Gasteiger partial charge in [0.25, 0.3) is 0 Å². The molecule has 0 aliphatic carbocycles. The van der Waals surface area contributed by atoms with Crippen LogP contribution in [0.2, 0.25) is 0 Å². The Hall–Kier alpha value is -1.29. The van der Waals surface area contributed by atoms with E-state index in [1.165, 1.54) is 0 Å². The van der Waals surface area contributed by atoms with Crippen LogP contribution in [0, 0.1) is 11.6 Å². The average Bonchev–Trinajstić information content (AvgIpc) is 2.62. The lowest BCUT2D eigenvalue weighted by atomic mass is 10.0. The average molecular weight is 253 g/mol. The van der Waals surface area contributed by atoms with E-state index in [0.717, 1.165) is 37.6 Å². The van der Waals surface area contributed by atoms with Crippen molar-refractivity contribution in [3.8, 4) is 0 Å². The zero-order chi connectivity index (χ0) is 13.3. The number of ketones is 1. The van der Waals surface area contributed by atoms with Crippen molar-refractivity contribution in [1.82, 2.24) is 4.90 Å². The van der Waals surface area contributed by atoms with E-state index >= 15 is 0 Å². The van der Waals surface area contributed by atoms with Crippen LogP contribution in [0.3, 0.4) is 0 Å². The number of benzene rings is 1. The summed E-state index contributed by atoms with van der Waals surface area (Å²) in [6.45, 7) is 5.10. The number of Topliss-reactive ketones (excluding diaryl/α,β-unsaturated/α-hetero) is 1. The lowest BCUT2D eigenvalue weighted by Gasteiger charge is -2.30. The van der Waals surface area contributed by atoms with Crippen molar-refractivity contribution in [2.24, 2.45) is 0 Å². The van der Waals surface area contributed by atoms with E-state index in [1.54, 1.807) is 0 Å². The number of carbonyl (C=O) groups is 1. The Morgan fingerprint density at radius 2 is 2.11 bits per heavy atom. The fourth-order valence-corrected chi connectivity index (χ4v) is 2.43. The fraction of sp³-hybridized carbons (Fsp3) is 0.500. The van der Waals surface area contributed by atoms with Gasteiger partial charge in [0.1, 0.15) is 11.6 Å². The first-order chi connectivity index (χ1) is 8.40. The van der Waals surface area contributed by atoms with Crippen LogP contribution in [0.4, 0.5) is 8.78 Å². The Morgan fingerprint density at radius 3 is 2.72 bits per heavy atom. The van der Waals surface area contributed by atoms with Gasteiger partial charge < -0.3 is 0 Å². The monoisotopic (exact) mass is 253 g/mol. The number of halogens is 2. The topological polar surface area (TPSA) is 20.3 Å². The van der Waals surface area contributed by atoms with Gasteiger partial charge in [0, 0.05) is 5.54 Å². The zero-order valence-electron chi connectivity index (χ0n) is 10.7. The van der Waals surface area contributed by atoms with Crippen LogP contribution in [0.25, 0.3) is 0 Å². The zero-order valence-corrected chi connectivity index (χ0v) is 10.7. The maximum absolute atomic E-state index is 13.5. The molecule has 0 N–H and O–H groups in total. The molecule has 1 aromatic carbocycles. The molecule has 0 saturated carbocycles. The molecule has 2 rings (SSSR count). The van der Waals surface area contributed by atoms with Gasteiger partial charge in [0.2, 0.25) is 0 Å². The van der Waals surface area contributed by atoms with Gasteiger partial charge in [-0.1, -0.05) is 0 Å². The molecule has 98 valence electrons. The number of nitrogens with zero attached hydrogens (tertiary/aromatic N) is 1. The summed E-state index contributed by atoms with van der Waals surface area (Å²) in [6, 6.07) is 2.99. The summed E-state index contributed by atoms with van der Waals surface area (Å²) in [7, 11) is 0. The fourth-order valence-electron chi connectivity index (χ4n) is 2.43. The van der Waals surface area contributed by atoms with Gasteiger partial charge in [-0.25, -0.2) is 8.78 Å². The van der Waals surface area contributed by atoms with Crippen molar-refractivity contribution in [2.75, 3.05) is 13.1 Å². The number of likely N-dealkylation sites (tertiary alicyclic amines) is 1. The highest BCUT2D eigenvalue weighted by Gasteiger charge is 2.33. The molecule has 1 fully saturated rings. The van der Waals surface area contributed by atoms with Crippen LogP contribution < -0.4 is 0 Å². The number of carbonyl (C=O) groups excluding carboxylic acids is 1. The van der Waals surface area contributed by atoms with Crippen LogP contribution in [-0.2, 0) is 0 Å². The van der Waals surface area contributed by atoms with Crippen LogP contribution in [0.15, 0.2) is 18.2 Å². The third kappa shape index (κ3) is 2.58. The van der Waals surface area contributed by atoms with E-state index in [0.29, 0.717) is 0 Å². The van der Waals surface area contributed by atoms with Gasteiger partial charge in [0.05, 0.1) is 12.1 Å². The van der Waals surface area contributed by atoms with Gasteiger partial charge in [0.15, 0.2) is 5.78 Å². The van der Waals surface area contributed by atoms with Crippen molar-refractivity contribution in [3.05, 3.63) is 35.4 Å². The van der Waals surface area contributed by atoms with E-state index < -0.39 is 11.6 Å². The molecule has 1 aliphatic rings. The van der Waals surface area contributed by atoms with Crippen LogP contribution in [-0.4, -0.2) is 29.3 Å². The minimum absolute atomic E-state index is 0.0422. The first-order valence-electron chi connectivity index (χ1n) is 6.13. The Kier molecular flexibility index (Phi) is 3.48. The molecule has 0 amide bonds. The minimum Gasteiger partial charge on any atom is -0.293 e. The summed E-state index contributed by atoms with van der Waals surface area (Å²) in [5, 5.41) is 0. The summed E-state index contributed by atoms with van der Waals surface area (Å²) in [5.74, 6) is -1.60. The summed E-state index contributed by atoms with van der Waals surface area (Å²) < 4.78 is 26.5. The molecule has 1 aromatic rings. The summed E-state index contributed by atoms with van der Waals surface area (Å²) in [4.78, 5) is 14.0. The molecule has 1 heterocycles. The largest absolute Gasteiger partial charge is 0.293 e. The lowest BCUT2D eigenvalue weighted by molar-refractivity contribution is 0.0867. The molecule has 18 heavy (non-hydrogen) atoms. The van der Waals surface area contributed by atoms with E-state index in [1.807, 2.05) is 4.90 Å². The summed E-state index contributed by atoms with van der Waals surface area (Å²) >= 11 is 0. The molecule has 0 bridgehead atoms. The third-order valence-corrected chi connectivity index (χ3v) is 3.64. The van der Waals surface area contributed by atoms with E-state index in [9.17, 15) is 13.6 Å². The Balaban J connectivity index is 2.15. The van der Waals surface area contributed by atoms with Crippen LogP contribution >= 0.6 is 0 Å². The molecule has 1 aliphatic heterocycles. The first-order valence-corrected chi connectivity index (χ1v) is 6.13. The second kappa shape index (κ2) is 4.76. The summed E-state index contributed by atoms with van der Waals surface area (Å²) in [6.07, 6.45) is 2.05. The van der Waals surface area contributed by atoms with Gasteiger partial charge in [-0.15, -0.1) is 0 Å². The molecular weight excluding hydrogens is 236 g/mol. The van der Waals surface area contributed by atoms with Gasteiger partial charge in [-0.2, -0.15) is 0 Å². The predicted molar refractivity (Wildman–Crippen MR) is 65.6 cm³/mol. The lowest BCUT2D eigenvalue weighted by Crippen LogP contribution is -2.41. The standard InChI is InChI=1S/C14H17F2NO/c1-14(2)6-3-7-17(14)9-13(18)11-8-10(15)4-5-12(11)16/h4-5,8H,3,6-7,9H2,1-2H3. The Labute approximate surface area is 106 Å². The Morgan fingerprint density at radius 1 is 1.39 bits per heavy atom. The second-order valence-electron chi connectivity index (χ2n) is 5.38. The van der Waals surface area contributed by atoms with Crippen molar-refractivity contribution >= 4 is 5.78 Å². The smallest absolute Gasteiger partial charge is 0.179 e. The number of hydrogen-bond donors (Lipinski definition) is 0. The number of rotatable bonds is 3. The highest BCUT2D eigenvalue weighted by molar-refractivity contribution is 5.97. The molecule has 0 aromatic heterocycles. The molecule has 0 atom stereocenters. The predicted octanol–water partition coefficient (Wildman–Crippen LogP) is 3.02. The molecule has 1 saturated heterocycles. The molecule has 0 unspecified atom stereocenters. The van der Waals surface area contributed by atoms with Crippen LogP contribution in [0.5, 0.6) is 0 Å². The molecule has 4 heteroatoms. The normalized spacial score (nSPS) is 19.1. The van der Waals surface area contributed by atoms with Crippen molar-refractivity contribution < 1.29 is 13.6 Å². The maximum atomic E-state index is 13.5. The highest BCUT2D eigenvalue weighted by atomic mass is 19.1. The van der Waals surface area contributed by atoms with E-state index in [2.05, 4.69) is 13.8 Å². The van der Waals surface area contributed by atoms with Gasteiger partial charge in [-0.05, 0) is 51.4 Å². The highest BCUT2D eigenvalue weighted by Crippen LogP contribution is 2.28. The molecule has 2 nitrogen and oxygen atoms in total. The number of hydrogen-bond acceptors (Lipinski definition) is 2. The van der Waals surface area contributed by atoms with Gasteiger partial charge in [-0.3, -0.25) is 9.69 Å². The quantitative estimate of drug-likeness (QED) is 0.772. The molecule has 0 spiro atoms. The van der Waals surface area contributed by atoms with E-state index in [-0.39, 0.29) is 23.4 Å². The summed E-state index contributed by atoms with van der Waals surface area (Å²) in [5.41, 5.74) is -0.197. The molecular formula is C14H17F2NO. The second-order valence-corrected chi connectivity index (χ2v) is 5.38. The third-order valence-electron chi connectivity index (χ3n) is 3.64. The van der Waals surface area contributed by atoms with Crippen molar-refractivity contribution in [3.63, 3.8) is 0 Å².